The summed E-state index contributed by atoms with van der Waals surface area (Å²) in [5, 5.41) is 0. The summed E-state index contributed by atoms with van der Waals surface area (Å²) in [6.45, 7) is 2.05. The average Bonchev–Trinajstić information content (AvgIpc) is 1.97. The predicted molar refractivity (Wildman–Crippen MR) is 39.8 cm³/mol. The lowest BCUT2D eigenvalue weighted by Gasteiger charge is -1.93. The van der Waals surface area contributed by atoms with Gasteiger partial charge in [0.05, 0.1) is 0 Å². The van der Waals surface area contributed by atoms with E-state index in [-0.39, 0.29) is 5.78 Å². The normalized spacial score (nSPS) is 9.30. The Kier molecular flexibility index (Phi) is 6.03. The molecule has 0 amide bonds. The van der Waals surface area contributed by atoms with Gasteiger partial charge in [0.15, 0.2) is 0 Å². The maximum atomic E-state index is 10.8. The molecule has 0 atom stereocenters. The highest BCUT2D eigenvalue weighted by Gasteiger charge is 1.98. The molecule has 0 aromatic rings. The Morgan fingerprint density at radius 3 is 2.60 bits per heavy atom. The summed E-state index contributed by atoms with van der Waals surface area (Å²) >= 11 is 0. The van der Waals surface area contributed by atoms with Gasteiger partial charge in [-0.3, -0.25) is 4.79 Å². The monoisotopic (exact) mass is 142 g/mol. The summed E-state index contributed by atoms with van der Waals surface area (Å²) < 4.78 is 0. The number of unbranched alkanes of at least 4 members (excludes halogenated alkanes) is 1. The molecule has 0 heterocycles. The minimum absolute atomic E-state index is 0.217. The largest absolute Gasteiger partial charge is 0.303 e. The molecule has 0 aliphatic heterocycles. The summed E-state index contributed by atoms with van der Waals surface area (Å²) in [6, 6.07) is 0. The fraction of sp³-hybridized carbons (Fsp3) is 0.750. The SMILES string of the molecule is CCCCC(=O)CCC=O. The first kappa shape index (κ1) is 9.34. The van der Waals surface area contributed by atoms with Gasteiger partial charge in [-0.15, -0.1) is 0 Å². The molecule has 0 N–H and O–H groups in total. The van der Waals surface area contributed by atoms with E-state index in [4.69, 9.17) is 0 Å². The molecule has 0 bridgehead atoms. The topological polar surface area (TPSA) is 34.1 Å². The molecule has 0 spiro atoms. The molecule has 0 aromatic heterocycles. The van der Waals surface area contributed by atoms with Gasteiger partial charge in [-0.05, 0) is 6.42 Å². The third kappa shape index (κ3) is 5.48. The highest BCUT2D eigenvalue weighted by molar-refractivity contribution is 5.80. The molecule has 0 saturated heterocycles. The number of Topliss-reactive ketones (excluding diaryl/α,β-unsaturated/α-hetero) is 1. The van der Waals surface area contributed by atoms with Crippen molar-refractivity contribution < 1.29 is 9.59 Å². The molecule has 0 fully saturated rings. The highest BCUT2D eigenvalue weighted by atomic mass is 16.1. The van der Waals surface area contributed by atoms with E-state index in [0.29, 0.717) is 19.3 Å². The van der Waals surface area contributed by atoms with Crippen molar-refractivity contribution in [3.63, 3.8) is 0 Å². The Bertz CT molecular complexity index is 108. The van der Waals surface area contributed by atoms with Crippen LogP contribution in [0.1, 0.15) is 39.0 Å². The van der Waals surface area contributed by atoms with Crippen molar-refractivity contribution in [3.05, 3.63) is 0 Å². The summed E-state index contributed by atoms with van der Waals surface area (Å²) in [7, 11) is 0. The van der Waals surface area contributed by atoms with Gasteiger partial charge in [0.2, 0.25) is 0 Å². The molecule has 58 valence electrons. The van der Waals surface area contributed by atoms with Crippen molar-refractivity contribution in [3.8, 4) is 0 Å². The van der Waals surface area contributed by atoms with Crippen LogP contribution >= 0.6 is 0 Å². The molecule has 0 aromatic carbocycles. The molecule has 10 heavy (non-hydrogen) atoms. The fourth-order valence-electron chi connectivity index (χ4n) is 0.719. The van der Waals surface area contributed by atoms with Crippen LogP contribution in [-0.4, -0.2) is 12.1 Å². The first-order valence-corrected chi connectivity index (χ1v) is 3.76. The van der Waals surface area contributed by atoms with Gasteiger partial charge in [0.1, 0.15) is 12.1 Å². The van der Waals surface area contributed by atoms with Crippen molar-refractivity contribution in [2.45, 2.75) is 39.0 Å². The second kappa shape index (κ2) is 6.46. The zero-order valence-electron chi connectivity index (χ0n) is 6.43. The Balaban J connectivity index is 3.16. The maximum absolute atomic E-state index is 10.8. The van der Waals surface area contributed by atoms with Crippen molar-refractivity contribution in [1.82, 2.24) is 0 Å². The van der Waals surface area contributed by atoms with Crippen LogP contribution in [0.15, 0.2) is 0 Å². The van der Waals surface area contributed by atoms with Crippen LogP contribution in [0.2, 0.25) is 0 Å². The molecule has 0 aliphatic carbocycles. The van der Waals surface area contributed by atoms with Crippen LogP contribution in [0.25, 0.3) is 0 Å². The second-order valence-electron chi connectivity index (χ2n) is 2.35. The summed E-state index contributed by atoms with van der Waals surface area (Å²) in [4.78, 5) is 20.6. The van der Waals surface area contributed by atoms with Crippen LogP contribution < -0.4 is 0 Å². The van der Waals surface area contributed by atoms with E-state index in [1.807, 2.05) is 6.92 Å². The number of carbonyl (C=O) groups excluding carboxylic acids is 2. The summed E-state index contributed by atoms with van der Waals surface area (Å²) in [5.41, 5.74) is 0. The van der Waals surface area contributed by atoms with Gasteiger partial charge in [-0.1, -0.05) is 13.3 Å². The van der Waals surface area contributed by atoms with Gasteiger partial charge < -0.3 is 4.79 Å². The lowest BCUT2D eigenvalue weighted by Crippen LogP contribution is -1.96. The van der Waals surface area contributed by atoms with Crippen molar-refractivity contribution in [1.29, 1.82) is 0 Å². The predicted octanol–water partition coefficient (Wildman–Crippen LogP) is 1.72. The smallest absolute Gasteiger partial charge is 0.133 e. The molecule has 0 aliphatic rings. The first-order valence-electron chi connectivity index (χ1n) is 3.76. The number of rotatable bonds is 6. The molecule has 0 unspecified atom stereocenters. The lowest BCUT2D eigenvalue weighted by molar-refractivity contribution is -0.120. The van der Waals surface area contributed by atoms with Crippen molar-refractivity contribution in [2.24, 2.45) is 0 Å². The number of carbonyl (C=O) groups is 2. The summed E-state index contributed by atoms with van der Waals surface area (Å²) in [5.74, 6) is 0.217. The zero-order chi connectivity index (χ0) is 7.82. The molecular weight excluding hydrogens is 128 g/mol. The Morgan fingerprint density at radius 2 is 2.10 bits per heavy atom. The van der Waals surface area contributed by atoms with E-state index in [1.54, 1.807) is 0 Å². The average molecular weight is 142 g/mol. The Labute approximate surface area is 61.6 Å². The van der Waals surface area contributed by atoms with E-state index in [0.717, 1.165) is 19.1 Å². The van der Waals surface area contributed by atoms with E-state index in [9.17, 15) is 9.59 Å². The minimum atomic E-state index is 0.217. The molecule has 0 rings (SSSR count). The molecular formula is C8H14O2. The van der Waals surface area contributed by atoms with E-state index < -0.39 is 0 Å². The third-order valence-corrected chi connectivity index (χ3v) is 1.35. The quantitative estimate of drug-likeness (QED) is 0.529. The van der Waals surface area contributed by atoms with Crippen LogP contribution in [0.4, 0.5) is 0 Å². The number of hydrogen-bond donors (Lipinski definition) is 0. The lowest BCUT2D eigenvalue weighted by atomic mass is 10.1. The van der Waals surface area contributed by atoms with Gasteiger partial charge >= 0.3 is 0 Å². The third-order valence-electron chi connectivity index (χ3n) is 1.35. The van der Waals surface area contributed by atoms with E-state index in [2.05, 4.69) is 0 Å². The number of hydrogen-bond acceptors (Lipinski definition) is 2. The van der Waals surface area contributed by atoms with E-state index in [1.165, 1.54) is 0 Å². The van der Waals surface area contributed by atoms with Crippen LogP contribution in [-0.2, 0) is 9.59 Å². The standard InChI is InChI=1S/C8H14O2/c1-2-3-5-8(10)6-4-7-9/h7H,2-6H2,1H3. The minimum Gasteiger partial charge on any atom is -0.303 e. The molecule has 0 saturated carbocycles. The van der Waals surface area contributed by atoms with Crippen molar-refractivity contribution >= 4 is 12.1 Å². The molecule has 2 nitrogen and oxygen atoms in total. The van der Waals surface area contributed by atoms with Gasteiger partial charge in [-0.25, -0.2) is 0 Å². The fourth-order valence-corrected chi connectivity index (χ4v) is 0.719. The van der Waals surface area contributed by atoms with Crippen LogP contribution in [0.3, 0.4) is 0 Å². The van der Waals surface area contributed by atoms with Gasteiger partial charge in [0.25, 0.3) is 0 Å². The van der Waals surface area contributed by atoms with Gasteiger partial charge in [0, 0.05) is 19.3 Å². The van der Waals surface area contributed by atoms with Crippen molar-refractivity contribution in [2.75, 3.05) is 0 Å². The maximum Gasteiger partial charge on any atom is 0.133 e. The van der Waals surface area contributed by atoms with Crippen LogP contribution in [0, 0.1) is 0 Å². The molecule has 0 radical (unpaired) electrons. The first-order chi connectivity index (χ1) is 4.81. The Morgan fingerprint density at radius 1 is 1.40 bits per heavy atom. The zero-order valence-corrected chi connectivity index (χ0v) is 6.43. The number of ketones is 1. The highest BCUT2D eigenvalue weighted by Crippen LogP contribution is 1.99. The van der Waals surface area contributed by atoms with E-state index >= 15 is 0 Å². The second-order valence-corrected chi connectivity index (χ2v) is 2.35. The molecule has 2 heteroatoms. The Hall–Kier alpha value is -0.660. The van der Waals surface area contributed by atoms with Crippen LogP contribution in [0.5, 0.6) is 0 Å². The summed E-state index contributed by atoms with van der Waals surface area (Å²) in [6.07, 6.45) is 4.27. The number of aldehydes is 1. The van der Waals surface area contributed by atoms with Gasteiger partial charge in [-0.2, -0.15) is 0 Å².